The molecular formula is C18H14N2O. The van der Waals surface area contributed by atoms with E-state index in [0.29, 0.717) is 18.8 Å². The predicted octanol–water partition coefficient (Wildman–Crippen LogP) is 3.68. The van der Waals surface area contributed by atoms with Gasteiger partial charge in [-0.05, 0) is 28.8 Å². The highest BCUT2D eigenvalue weighted by atomic mass is 16.5. The summed E-state index contributed by atoms with van der Waals surface area (Å²) < 4.78 is 5.66. The lowest BCUT2D eigenvalue weighted by atomic mass is 10.1. The van der Waals surface area contributed by atoms with Gasteiger partial charge < -0.3 is 4.74 Å². The molecule has 0 aliphatic heterocycles. The van der Waals surface area contributed by atoms with Crippen LogP contribution in [0.5, 0.6) is 0 Å². The van der Waals surface area contributed by atoms with Crippen LogP contribution in [0.25, 0.3) is 5.57 Å². The third-order valence-corrected chi connectivity index (χ3v) is 2.97. The summed E-state index contributed by atoms with van der Waals surface area (Å²) in [7, 11) is 0. The molecule has 2 aromatic carbocycles. The summed E-state index contributed by atoms with van der Waals surface area (Å²) >= 11 is 0. The summed E-state index contributed by atoms with van der Waals surface area (Å²) in [4.78, 5) is 0. The van der Waals surface area contributed by atoms with Crippen LogP contribution in [0.15, 0.2) is 60.7 Å². The van der Waals surface area contributed by atoms with E-state index in [0.717, 1.165) is 16.7 Å². The number of allylic oxidation sites excluding steroid dienone is 1. The molecule has 0 amide bonds. The molecule has 0 bridgehead atoms. The second-order valence-corrected chi connectivity index (χ2v) is 4.47. The van der Waals surface area contributed by atoms with Crippen molar-refractivity contribution >= 4 is 5.57 Å². The molecule has 2 rings (SSSR count). The molecule has 2 aromatic rings. The second-order valence-electron chi connectivity index (χ2n) is 4.47. The minimum atomic E-state index is 0.356. The summed E-state index contributed by atoms with van der Waals surface area (Å²) in [5.74, 6) is 0. The summed E-state index contributed by atoms with van der Waals surface area (Å²) in [5.41, 5.74) is 3.38. The van der Waals surface area contributed by atoms with Gasteiger partial charge in [-0.3, -0.25) is 0 Å². The molecule has 3 heteroatoms. The Bertz CT molecular complexity index is 706. The third-order valence-electron chi connectivity index (χ3n) is 2.97. The highest BCUT2D eigenvalue weighted by Gasteiger charge is 2.02. The van der Waals surface area contributed by atoms with Crippen molar-refractivity contribution in [3.05, 3.63) is 77.4 Å². The van der Waals surface area contributed by atoms with Gasteiger partial charge in [-0.1, -0.05) is 42.5 Å². The van der Waals surface area contributed by atoms with Crippen molar-refractivity contribution in [2.75, 3.05) is 6.61 Å². The van der Waals surface area contributed by atoms with Gasteiger partial charge >= 0.3 is 0 Å². The number of rotatable bonds is 5. The third kappa shape index (κ3) is 4.31. The first-order chi connectivity index (χ1) is 10.3. The number of ether oxygens (including phenoxy) is 1. The Balaban J connectivity index is 1.99. The Hall–Kier alpha value is -2.88. The summed E-state index contributed by atoms with van der Waals surface area (Å²) in [6.45, 7) is 0.763. The Labute approximate surface area is 124 Å². The molecule has 21 heavy (non-hydrogen) atoms. The number of benzene rings is 2. The average Bonchev–Trinajstić information content (AvgIpc) is 2.55. The summed E-state index contributed by atoms with van der Waals surface area (Å²) in [5, 5.41) is 17.7. The zero-order chi connectivity index (χ0) is 14.9. The van der Waals surface area contributed by atoms with E-state index in [4.69, 9.17) is 15.3 Å². The van der Waals surface area contributed by atoms with Crippen molar-refractivity contribution in [1.82, 2.24) is 0 Å². The van der Waals surface area contributed by atoms with Gasteiger partial charge in [0.2, 0.25) is 0 Å². The minimum Gasteiger partial charge on any atom is -0.372 e. The van der Waals surface area contributed by atoms with Crippen LogP contribution in [-0.4, -0.2) is 6.61 Å². The van der Waals surface area contributed by atoms with Crippen LogP contribution in [0.1, 0.15) is 16.7 Å². The first-order valence-corrected chi connectivity index (χ1v) is 6.54. The van der Waals surface area contributed by atoms with Gasteiger partial charge in [-0.15, -0.1) is 0 Å². The van der Waals surface area contributed by atoms with E-state index in [1.165, 1.54) is 6.08 Å². The average molecular weight is 274 g/mol. The molecule has 0 aromatic heterocycles. The maximum atomic E-state index is 8.86. The molecule has 0 unspecified atom stereocenters. The minimum absolute atomic E-state index is 0.356. The molecule has 0 N–H and O–H groups in total. The van der Waals surface area contributed by atoms with E-state index in [2.05, 4.69) is 6.07 Å². The van der Waals surface area contributed by atoms with Gasteiger partial charge in [-0.2, -0.15) is 10.5 Å². The zero-order valence-electron chi connectivity index (χ0n) is 11.5. The Morgan fingerprint density at radius 1 is 1.05 bits per heavy atom. The van der Waals surface area contributed by atoms with Crippen molar-refractivity contribution in [2.24, 2.45) is 0 Å². The molecule has 3 nitrogen and oxygen atoms in total. The fourth-order valence-electron chi connectivity index (χ4n) is 1.95. The van der Waals surface area contributed by atoms with Crippen LogP contribution in [0.2, 0.25) is 0 Å². The molecule has 102 valence electrons. The quantitative estimate of drug-likeness (QED) is 0.781. The lowest BCUT2D eigenvalue weighted by molar-refractivity contribution is 0.153. The highest BCUT2D eigenvalue weighted by molar-refractivity contribution is 5.68. The van der Waals surface area contributed by atoms with Gasteiger partial charge in [0, 0.05) is 6.08 Å². The molecule has 0 spiro atoms. The molecule has 0 aliphatic carbocycles. The molecule has 0 saturated heterocycles. The predicted molar refractivity (Wildman–Crippen MR) is 80.8 cm³/mol. The van der Waals surface area contributed by atoms with Gasteiger partial charge in [0.25, 0.3) is 0 Å². The summed E-state index contributed by atoms with van der Waals surface area (Å²) in [6, 6.07) is 21.1. The maximum Gasteiger partial charge on any atom is 0.0991 e. The van der Waals surface area contributed by atoms with E-state index in [1.807, 2.05) is 48.5 Å². The normalized spacial score (nSPS) is 10.7. The van der Waals surface area contributed by atoms with Crippen LogP contribution >= 0.6 is 0 Å². The van der Waals surface area contributed by atoms with Crippen molar-refractivity contribution in [2.45, 2.75) is 6.61 Å². The molecule has 0 aliphatic rings. The Morgan fingerprint density at radius 3 is 2.57 bits per heavy atom. The van der Waals surface area contributed by atoms with Crippen molar-refractivity contribution in [1.29, 1.82) is 10.5 Å². The van der Waals surface area contributed by atoms with Crippen molar-refractivity contribution < 1.29 is 4.74 Å². The van der Waals surface area contributed by atoms with Crippen molar-refractivity contribution in [3.8, 4) is 12.1 Å². The maximum absolute atomic E-state index is 8.86. The number of nitrogens with zero attached hydrogens (tertiary/aromatic N) is 2. The van der Waals surface area contributed by atoms with Gasteiger partial charge in [0.05, 0.1) is 30.9 Å². The first kappa shape index (κ1) is 14.5. The molecule has 0 radical (unpaired) electrons. The lowest BCUT2D eigenvalue weighted by Gasteiger charge is -2.08. The van der Waals surface area contributed by atoms with Gasteiger partial charge in [0.15, 0.2) is 0 Å². The largest absolute Gasteiger partial charge is 0.372 e. The van der Waals surface area contributed by atoms with E-state index < -0.39 is 0 Å². The van der Waals surface area contributed by atoms with Crippen LogP contribution in [0.4, 0.5) is 0 Å². The molecule has 0 fully saturated rings. The molecule has 0 heterocycles. The van der Waals surface area contributed by atoms with E-state index in [9.17, 15) is 0 Å². The first-order valence-electron chi connectivity index (χ1n) is 6.54. The van der Waals surface area contributed by atoms with Crippen LogP contribution in [0.3, 0.4) is 0 Å². The number of hydrogen-bond acceptors (Lipinski definition) is 3. The second kappa shape index (κ2) is 7.65. The van der Waals surface area contributed by atoms with Crippen molar-refractivity contribution in [3.63, 3.8) is 0 Å². The van der Waals surface area contributed by atoms with Crippen LogP contribution in [0, 0.1) is 22.7 Å². The smallest absolute Gasteiger partial charge is 0.0991 e. The summed E-state index contributed by atoms with van der Waals surface area (Å²) in [6.07, 6.45) is 1.50. The zero-order valence-corrected chi connectivity index (χ0v) is 11.5. The topological polar surface area (TPSA) is 56.8 Å². The van der Waals surface area contributed by atoms with E-state index in [1.54, 1.807) is 12.1 Å². The molecule has 0 atom stereocenters. The number of nitriles is 2. The number of hydrogen-bond donors (Lipinski definition) is 0. The molecule has 0 saturated carbocycles. The standard InChI is InChI=1S/C18H14N2O/c19-10-9-18(17-7-2-1-3-8-17)14-21-13-16-6-4-5-15(11-16)12-20/h1-9,11H,13-14H2/b18-9-. The fraction of sp³-hybridized carbons (Fsp3) is 0.111. The SMILES string of the molecule is N#C/C=C(/COCc1cccc(C#N)c1)c1ccccc1. The van der Waals surface area contributed by atoms with E-state index >= 15 is 0 Å². The van der Waals surface area contributed by atoms with Gasteiger partial charge in [0.1, 0.15) is 0 Å². The van der Waals surface area contributed by atoms with Gasteiger partial charge in [-0.25, -0.2) is 0 Å². The Morgan fingerprint density at radius 2 is 1.86 bits per heavy atom. The fourth-order valence-corrected chi connectivity index (χ4v) is 1.95. The monoisotopic (exact) mass is 274 g/mol. The van der Waals surface area contributed by atoms with Crippen LogP contribution in [-0.2, 0) is 11.3 Å². The lowest BCUT2D eigenvalue weighted by Crippen LogP contribution is -1.99. The van der Waals surface area contributed by atoms with Crippen LogP contribution < -0.4 is 0 Å². The molecular weight excluding hydrogens is 260 g/mol. The Kier molecular flexibility index (Phi) is 5.29. The van der Waals surface area contributed by atoms with E-state index in [-0.39, 0.29) is 0 Å². The highest BCUT2D eigenvalue weighted by Crippen LogP contribution is 2.15.